The predicted molar refractivity (Wildman–Crippen MR) is 76.7 cm³/mol. The van der Waals surface area contributed by atoms with Crippen LogP contribution in [0.4, 0.5) is 0 Å². The minimum absolute atomic E-state index is 0.352. The van der Waals surface area contributed by atoms with E-state index in [1.54, 1.807) is 0 Å². The minimum Gasteiger partial charge on any atom is -0.343 e. The Labute approximate surface area is 112 Å². The zero-order valence-electron chi connectivity index (χ0n) is 12.2. The SMILES string of the molecule is CCCCCC(CC)NCCCN1CCCC1=O. The molecule has 1 unspecified atom stereocenters. The number of hydrogen-bond acceptors (Lipinski definition) is 2. The van der Waals surface area contributed by atoms with Crippen molar-refractivity contribution >= 4 is 5.91 Å². The summed E-state index contributed by atoms with van der Waals surface area (Å²) >= 11 is 0. The molecule has 18 heavy (non-hydrogen) atoms. The first-order valence-electron chi connectivity index (χ1n) is 7.79. The second-order valence-corrected chi connectivity index (χ2v) is 5.39. The lowest BCUT2D eigenvalue weighted by molar-refractivity contribution is -0.127. The quantitative estimate of drug-likeness (QED) is 0.608. The lowest BCUT2D eigenvalue weighted by atomic mass is 10.1. The fraction of sp³-hybridized carbons (Fsp3) is 0.933. The Kier molecular flexibility index (Phi) is 8.06. The van der Waals surface area contributed by atoms with Gasteiger partial charge in [-0.2, -0.15) is 0 Å². The maximum atomic E-state index is 11.4. The van der Waals surface area contributed by atoms with Gasteiger partial charge in [0.15, 0.2) is 0 Å². The third kappa shape index (κ3) is 5.85. The van der Waals surface area contributed by atoms with Crippen LogP contribution in [0.2, 0.25) is 0 Å². The Hall–Kier alpha value is -0.570. The highest BCUT2D eigenvalue weighted by molar-refractivity contribution is 5.77. The molecule has 0 spiro atoms. The Morgan fingerprint density at radius 2 is 2.11 bits per heavy atom. The summed E-state index contributed by atoms with van der Waals surface area (Å²) in [5.41, 5.74) is 0. The van der Waals surface area contributed by atoms with Gasteiger partial charge in [0, 0.05) is 25.6 Å². The van der Waals surface area contributed by atoms with Crippen molar-refractivity contribution in [3.63, 3.8) is 0 Å². The highest BCUT2D eigenvalue weighted by Crippen LogP contribution is 2.10. The van der Waals surface area contributed by atoms with Crippen LogP contribution in [0.5, 0.6) is 0 Å². The molecular weight excluding hydrogens is 224 g/mol. The summed E-state index contributed by atoms with van der Waals surface area (Å²) in [6.07, 6.45) is 9.42. The number of likely N-dealkylation sites (tertiary alicyclic amines) is 1. The van der Waals surface area contributed by atoms with E-state index in [0.29, 0.717) is 11.9 Å². The van der Waals surface area contributed by atoms with Gasteiger partial charge in [0.05, 0.1) is 0 Å². The third-order valence-electron chi connectivity index (χ3n) is 3.86. The molecule has 1 aliphatic heterocycles. The molecule has 0 aromatic heterocycles. The third-order valence-corrected chi connectivity index (χ3v) is 3.86. The Morgan fingerprint density at radius 3 is 2.72 bits per heavy atom. The number of nitrogens with one attached hydrogen (secondary N) is 1. The Balaban J connectivity index is 2.02. The summed E-state index contributed by atoms with van der Waals surface area (Å²) in [6, 6.07) is 0.672. The molecule has 1 N–H and O–H groups in total. The first-order valence-corrected chi connectivity index (χ1v) is 7.79. The number of carbonyl (C=O) groups excluding carboxylic acids is 1. The molecular formula is C15H30N2O. The van der Waals surface area contributed by atoms with Gasteiger partial charge >= 0.3 is 0 Å². The van der Waals surface area contributed by atoms with Crippen molar-refractivity contribution in [3.8, 4) is 0 Å². The zero-order chi connectivity index (χ0) is 13.2. The monoisotopic (exact) mass is 254 g/mol. The lowest BCUT2D eigenvalue weighted by Gasteiger charge is -2.19. The molecule has 3 heteroatoms. The number of unbranched alkanes of at least 4 members (excludes halogenated alkanes) is 2. The number of carbonyl (C=O) groups is 1. The smallest absolute Gasteiger partial charge is 0.222 e. The molecule has 1 heterocycles. The summed E-state index contributed by atoms with van der Waals surface area (Å²) in [5.74, 6) is 0.352. The van der Waals surface area contributed by atoms with Crippen LogP contribution in [-0.4, -0.2) is 36.5 Å². The van der Waals surface area contributed by atoms with E-state index in [1.165, 1.54) is 32.1 Å². The van der Waals surface area contributed by atoms with Crippen molar-refractivity contribution in [1.82, 2.24) is 10.2 Å². The molecule has 0 aromatic carbocycles. The number of hydrogen-bond donors (Lipinski definition) is 1. The summed E-state index contributed by atoms with van der Waals surface area (Å²) in [4.78, 5) is 13.5. The number of nitrogens with zero attached hydrogens (tertiary/aromatic N) is 1. The van der Waals surface area contributed by atoms with Crippen molar-refractivity contribution in [3.05, 3.63) is 0 Å². The van der Waals surface area contributed by atoms with E-state index in [1.807, 2.05) is 4.90 Å². The topological polar surface area (TPSA) is 32.3 Å². The molecule has 1 atom stereocenters. The molecule has 0 saturated carbocycles. The zero-order valence-corrected chi connectivity index (χ0v) is 12.2. The Bertz CT molecular complexity index is 231. The molecule has 3 nitrogen and oxygen atoms in total. The summed E-state index contributed by atoms with van der Waals surface area (Å²) in [7, 11) is 0. The maximum Gasteiger partial charge on any atom is 0.222 e. The van der Waals surface area contributed by atoms with E-state index >= 15 is 0 Å². The normalized spacial score (nSPS) is 17.4. The van der Waals surface area contributed by atoms with Crippen LogP contribution in [0.1, 0.15) is 65.2 Å². The second-order valence-electron chi connectivity index (χ2n) is 5.39. The molecule has 1 amide bonds. The van der Waals surface area contributed by atoms with Crippen molar-refractivity contribution in [2.45, 2.75) is 71.3 Å². The number of amides is 1. The molecule has 106 valence electrons. The van der Waals surface area contributed by atoms with Gasteiger partial charge in [-0.25, -0.2) is 0 Å². The first kappa shape index (κ1) is 15.5. The van der Waals surface area contributed by atoms with E-state index < -0.39 is 0 Å². The van der Waals surface area contributed by atoms with Crippen molar-refractivity contribution in [2.75, 3.05) is 19.6 Å². The summed E-state index contributed by atoms with van der Waals surface area (Å²) in [6.45, 7) is 7.48. The van der Waals surface area contributed by atoms with Gasteiger partial charge in [-0.15, -0.1) is 0 Å². The van der Waals surface area contributed by atoms with E-state index in [4.69, 9.17) is 0 Å². The Morgan fingerprint density at radius 1 is 1.28 bits per heavy atom. The van der Waals surface area contributed by atoms with E-state index in [2.05, 4.69) is 19.2 Å². The maximum absolute atomic E-state index is 11.4. The van der Waals surface area contributed by atoms with E-state index in [9.17, 15) is 4.79 Å². The van der Waals surface area contributed by atoms with Gasteiger partial charge in [-0.05, 0) is 32.2 Å². The summed E-state index contributed by atoms with van der Waals surface area (Å²) < 4.78 is 0. The molecule has 0 radical (unpaired) electrons. The second kappa shape index (κ2) is 9.37. The van der Waals surface area contributed by atoms with Crippen molar-refractivity contribution < 1.29 is 4.79 Å². The molecule has 1 aliphatic rings. The van der Waals surface area contributed by atoms with E-state index in [0.717, 1.165) is 38.9 Å². The molecule has 0 aromatic rings. The molecule has 1 fully saturated rings. The molecule has 1 saturated heterocycles. The lowest BCUT2D eigenvalue weighted by Crippen LogP contribution is -2.32. The van der Waals surface area contributed by atoms with Crippen LogP contribution in [-0.2, 0) is 4.79 Å². The molecule has 0 aliphatic carbocycles. The molecule has 1 rings (SSSR count). The van der Waals surface area contributed by atoms with Crippen LogP contribution in [0, 0.1) is 0 Å². The minimum atomic E-state index is 0.352. The van der Waals surface area contributed by atoms with Gasteiger partial charge in [-0.3, -0.25) is 4.79 Å². The van der Waals surface area contributed by atoms with Gasteiger partial charge < -0.3 is 10.2 Å². The van der Waals surface area contributed by atoms with E-state index in [-0.39, 0.29) is 0 Å². The van der Waals surface area contributed by atoms with Gasteiger partial charge in [0.2, 0.25) is 5.91 Å². The standard InChI is InChI=1S/C15H30N2O/c1-3-5-6-9-14(4-2)16-11-8-13-17-12-7-10-15(17)18/h14,16H,3-13H2,1-2H3. The largest absolute Gasteiger partial charge is 0.343 e. The van der Waals surface area contributed by atoms with Crippen molar-refractivity contribution in [2.24, 2.45) is 0 Å². The van der Waals surface area contributed by atoms with Crippen LogP contribution in [0.15, 0.2) is 0 Å². The first-order chi connectivity index (χ1) is 8.77. The van der Waals surface area contributed by atoms with Gasteiger partial charge in [0.25, 0.3) is 0 Å². The average Bonchev–Trinajstić information content (AvgIpc) is 2.78. The van der Waals surface area contributed by atoms with Crippen LogP contribution >= 0.6 is 0 Å². The van der Waals surface area contributed by atoms with Crippen LogP contribution < -0.4 is 5.32 Å². The predicted octanol–water partition coefficient (Wildman–Crippen LogP) is 2.95. The van der Waals surface area contributed by atoms with Crippen molar-refractivity contribution in [1.29, 1.82) is 0 Å². The van der Waals surface area contributed by atoms with Crippen LogP contribution in [0.25, 0.3) is 0 Å². The fourth-order valence-corrected chi connectivity index (χ4v) is 2.61. The van der Waals surface area contributed by atoms with Crippen LogP contribution in [0.3, 0.4) is 0 Å². The number of rotatable bonds is 10. The van der Waals surface area contributed by atoms with Gasteiger partial charge in [-0.1, -0.05) is 33.1 Å². The highest BCUT2D eigenvalue weighted by Gasteiger charge is 2.18. The summed E-state index contributed by atoms with van der Waals surface area (Å²) in [5, 5.41) is 3.63. The van der Waals surface area contributed by atoms with Gasteiger partial charge in [0.1, 0.15) is 0 Å². The average molecular weight is 254 g/mol. The fourth-order valence-electron chi connectivity index (χ4n) is 2.61. The highest BCUT2D eigenvalue weighted by atomic mass is 16.2. The molecule has 0 bridgehead atoms.